The molecule has 1 aromatic heterocycles. The number of aryl methyl sites for hydroxylation is 2. The Bertz CT molecular complexity index is 1200. The van der Waals surface area contributed by atoms with Gasteiger partial charge in [-0.15, -0.1) is 0 Å². The number of carboxylic acids is 1. The first-order valence-electron chi connectivity index (χ1n) is 14.0. The lowest BCUT2D eigenvalue weighted by molar-refractivity contribution is -0.142. The van der Waals surface area contributed by atoms with Crippen LogP contribution in [0.1, 0.15) is 48.1 Å². The molecule has 1 aliphatic heterocycles. The summed E-state index contributed by atoms with van der Waals surface area (Å²) in [5.41, 5.74) is 2.95. The minimum atomic E-state index is -1.17. The molecule has 2 heterocycles. The van der Waals surface area contributed by atoms with Gasteiger partial charge in [0.1, 0.15) is 24.3 Å². The second-order valence-electron chi connectivity index (χ2n) is 10.1. The van der Waals surface area contributed by atoms with Crippen molar-refractivity contribution in [3.63, 3.8) is 0 Å². The number of nitrogens with zero attached hydrogens (tertiary/aromatic N) is 3. The number of amides is 1. The summed E-state index contributed by atoms with van der Waals surface area (Å²) in [6.07, 6.45) is 3.94. The molecular weight excluding hydrogens is 529 g/mol. The molecule has 1 amide bonds. The Morgan fingerprint density at radius 3 is 2.78 bits per heavy atom. The fraction of sp³-hybridized carbons (Fsp3) is 0.533. The number of unbranched alkanes of at least 4 members (excludes halogenated alkanes) is 1. The Hall–Kier alpha value is -3.75. The standard InChI is InChI=1S/C30H40FN5O5/c1-40-24(18-31)20-36(15-4-3-9-23-12-11-21-8-6-14-33-29(21)34-23)16-13-26(30(38)39)35-28(37)17-25-22(19-32)7-5-10-27(25)41-2/h5,7,10-12,24,26H,3-4,6,8-9,13-18,20H2,1-2H3,(H,33,34)(H,35,37)(H,38,39)/t24?,26-/m0/s1. The van der Waals surface area contributed by atoms with Crippen LogP contribution in [-0.2, 0) is 33.6 Å². The first kappa shape index (κ1) is 31.8. The number of carbonyl (C=O) groups excluding carboxylic acids is 1. The van der Waals surface area contributed by atoms with Crippen molar-refractivity contribution in [2.45, 2.75) is 57.1 Å². The van der Waals surface area contributed by atoms with Crippen LogP contribution in [0.3, 0.4) is 0 Å². The van der Waals surface area contributed by atoms with Gasteiger partial charge in [-0.1, -0.05) is 12.1 Å². The van der Waals surface area contributed by atoms with Gasteiger partial charge in [-0.3, -0.25) is 4.79 Å². The number of carbonyl (C=O) groups is 2. The van der Waals surface area contributed by atoms with E-state index in [9.17, 15) is 24.3 Å². The van der Waals surface area contributed by atoms with Crippen molar-refractivity contribution in [1.82, 2.24) is 15.2 Å². The molecule has 3 rings (SSSR count). The lowest BCUT2D eigenvalue weighted by Gasteiger charge is -2.27. The number of rotatable bonds is 17. The summed E-state index contributed by atoms with van der Waals surface area (Å²) in [4.78, 5) is 31.5. The van der Waals surface area contributed by atoms with Gasteiger partial charge in [-0.25, -0.2) is 14.2 Å². The summed E-state index contributed by atoms with van der Waals surface area (Å²) in [6.45, 7) is 1.54. The van der Waals surface area contributed by atoms with E-state index in [2.05, 4.69) is 22.8 Å². The van der Waals surface area contributed by atoms with E-state index in [0.29, 0.717) is 30.9 Å². The molecule has 2 aromatic rings. The Kier molecular flexibility index (Phi) is 12.8. The summed E-state index contributed by atoms with van der Waals surface area (Å²) < 4.78 is 23.9. The van der Waals surface area contributed by atoms with Crippen LogP contribution in [0.2, 0.25) is 0 Å². The number of anilines is 1. The average molecular weight is 570 g/mol. The molecule has 0 radical (unpaired) electrons. The Labute approximate surface area is 240 Å². The number of hydrogen-bond donors (Lipinski definition) is 3. The minimum absolute atomic E-state index is 0.124. The number of aromatic nitrogens is 1. The second-order valence-corrected chi connectivity index (χ2v) is 10.1. The van der Waals surface area contributed by atoms with Crippen molar-refractivity contribution >= 4 is 17.7 Å². The topological polar surface area (TPSA) is 137 Å². The van der Waals surface area contributed by atoms with E-state index >= 15 is 0 Å². The molecule has 0 bridgehead atoms. The number of nitrogens with one attached hydrogen (secondary N) is 2. The number of nitriles is 1. The number of hydrogen-bond acceptors (Lipinski definition) is 8. The zero-order valence-corrected chi connectivity index (χ0v) is 23.8. The van der Waals surface area contributed by atoms with Crippen LogP contribution in [-0.4, -0.2) is 86.1 Å². The highest BCUT2D eigenvalue weighted by Gasteiger charge is 2.24. The summed E-state index contributed by atoms with van der Waals surface area (Å²) in [5.74, 6) is -0.344. The highest BCUT2D eigenvalue weighted by Crippen LogP contribution is 2.23. The fourth-order valence-corrected chi connectivity index (χ4v) is 4.94. The number of ether oxygens (including phenoxy) is 2. The summed E-state index contributed by atoms with van der Waals surface area (Å²) in [5, 5.41) is 25.1. The van der Waals surface area contributed by atoms with Gasteiger partial charge in [0.05, 0.1) is 31.3 Å². The Morgan fingerprint density at radius 2 is 2.07 bits per heavy atom. The lowest BCUT2D eigenvalue weighted by Crippen LogP contribution is -2.45. The van der Waals surface area contributed by atoms with Gasteiger partial charge in [-0.05, 0) is 68.8 Å². The maximum absolute atomic E-state index is 13.4. The van der Waals surface area contributed by atoms with E-state index in [0.717, 1.165) is 50.2 Å². The third-order valence-electron chi connectivity index (χ3n) is 7.25. The van der Waals surface area contributed by atoms with Crippen molar-refractivity contribution in [3.05, 3.63) is 52.7 Å². The molecule has 3 N–H and O–H groups in total. The molecular formula is C30H40FN5O5. The number of aliphatic carboxylic acids is 1. The van der Waals surface area contributed by atoms with Gasteiger partial charge in [0.15, 0.2) is 0 Å². The third-order valence-corrected chi connectivity index (χ3v) is 7.25. The smallest absolute Gasteiger partial charge is 0.326 e. The van der Waals surface area contributed by atoms with Crippen molar-refractivity contribution in [2.24, 2.45) is 0 Å². The zero-order valence-electron chi connectivity index (χ0n) is 23.8. The van der Waals surface area contributed by atoms with Crippen LogP contribution >= 0.6 is 0 Å². The van der Waals surface area contributed by atoms with Crippen LogP contribution in [0.4, 0.5) is 10.2 Å². The predicted molar refractivity (Wildman–Crippen MR) is 153 cm³/mol. The summed E-state index contributed by atoms with van der Waals surface area (Å²) in [6, 6.07) is 9.96. The van der Waals surface area contributed by atoms with Gasteiger partial charge in [0.2, 0.25) is 5.91 Å². The number of pyridine rings is 1. The molecule has 222 valence electrons. The molecule has 0 saturated carbocycles. The molecule has 1 aromatic carbocycles. The molecule has 0 aliphatic carbocycles. The highest BCUT2D eigenvalue weighted by molar-refractivity contribution is 5.85. The van der Waals surface area contributed by atoms with Crippen molar-refractivity contribution < 1.29 is 28.6 Å². The number of halogens is 1. The maximum atomic E-state index is 13.4. The molecule has 1 unspecified atom stereocenters. The maximum Gasteiger partial charge on any atom is 0.326 e. The van der Waals surface area contributed by atoms with E-state index in [1.54, 1.807) is 18.2 Å². The number of alkyl halides is 1. The molecule has 0 spiro atoms. The summed E-state index contributed by atoms with van der Waals surface area (Å²) >= 11 is 0. The second kappa shape index (κ2) is 16.5. The monoisotopic (exact) mass is 569 g/mol. The molecule has 41 heavy (non-hydrogen) atoms. The number of benzene rings is 1. The van der Waals surface area contributed by atoms with Gasteiger partial charge in [0.25, 0.3) is 0 Å². The molecule has 10 nitrogen and oxygen atoms in total. The number of methoxy groups -OCH3 is 2. The van der Waals surface area contributed by atoms with Crippen LogP contribution in [0.15, 0.2) is 30.3 Å². The first-order valence-corrected chi connectivity index (χ1v) is 14.0. The van der Waals surface area contributed by atoms with Gasteiger partial charge in [-0.2, -0.15) is 5.26 Å². The van der Waals surface area contributed by atoms with E-state index in [4.69, 9.17) is 14.5 Å². The number of carboxylic acid groups (broad SMARTS) is 1. The average Bonchev–Trinajstić information content (AvgIpc) is 2.99. The van der Waals surface area contributed by atoms with E-state index in [-0.39, 0.29) is 18.4 Å². The molecule has 1 aliphatic rings. The third kappa shape index (κ3) is 9.69. The van der Waals surface area contributed by atoms with Crippen LogP contribution in [0.5, 0.6) is 5.75 Å². The largest absolute Gasteiger partial charge is 0.496 e. The van der Waals surface area contributed by atoms with Crippen LogP contribution < -0.4 is 15.4 Å². The minimum Gasteiger partial charge on any atom is -0.496 e. The molecule has 0 saturated heterocycles. The Morgan fingerprint density at radius 1 is 1.24 bits per heavy atom. The number of fused-ring (bicyclic) bond motifs is 1. The van der Waals surface area contributed by atoms with E-state index in [1.165, 1.54) is 19.8 Å². The fourth-order valence-electron chi connectivity index (χ4n) is 4.94. The highest BCUT2D eigenvalue weighted by atomic mass is 19.1. The van der Waals surface area contributed by atoms with Crippen LogP contribution in [0, 0.1) is 11.3 Å². The SMILES string of the molecule is COc1cccc(C#N)c1CC(=O)N[C@@H](CCN(CCCCc1ccc2c(n1)NCCC2)CC(CF)OC)C(=O)O. The Balaban J connectivity index is 1.56. The van der Waals surface area contributed by atoms with Gasteiger partial charge < -0.3 is 30.1 Å². The van der Waals surface area contributed by atoms with Crippen molar-refractivity contribution in [2.75, 3.05) is 52.4 Å². The van der Waals surface area contributed by atoms with E-state index in [1.807, 2.05) is 11.0 Å². The van der Waals surface area contributed by atoms with E-state index < -0.39 is 30.7 Å². The van der Waals surface area contributed by atoms with Crippen LogP contribution in [0.25, 0.3) is 0 Å². The van der Waals surface area contributed by atoms with Gasteiger partial charge in [0, 0.05) is 38.0 Å². The molecule has 0 fully saturated rings. The lowest BCUT2D eigenvalue weighted by atomic mass is 10.0. The van der Waals surface area contributed by atoms with Crippen molar-refractivity contribution in [3.8, 4) is 11.8 Å². The molecule has 2 atom stereocenters. The van der Waals surface area contributed by atoms with Gasteiger partial charge >= 0.3 is 5.97 Å². The zero-order chi connectivity index (χ0) is 29.6. The molecule has 11 heteroatoms. The normalized spacial score (nSPS) is 13.9. The first-order chi connectivity index (χ1) is 19.9. The quantitative estimate of drug-likeness (QED) is 0.245. The van der Waals surface area contributed by atoms with Crippen molar-refractivity contribution in [1.29, 1.82) is 5.26 Å². The summed E-state index contributed by atoms with van der Waals surface area (Å²) in [7, 11) is 2.89. The predicted octanol–water partition coefficient (Wildman–Crippen LogP) is 3.13.